The van der Waals surface area contributed by atoms with E-state index < -0.39 is 0 Å². The Morgan fingerprint density at radius 1 is 1.11 bits per heavy atom. The lowest BCUT2D eigenvalue weighted by Gasteiger charge is -2.13. The Hall–Kier alpha value is -1.68. The summed E-state index contributed by atoms with van der Waals surface area (Å²) in [5, 5.41) is 3.33. The average Bonchev–Trinajstić information content (AvgIpc) is 2.33. The highest BCUT2D eigenvalue weighted by atomic mass is 79.9. The number of nitrogens with one attached hydrogen (secondary N) is 1. The molecular weight excluding hydrogens is 292 g/mol. The van der Waals surface area contributed by atoms with Crippen LogP contribution in [-0.4, -0.2) is 7.11 Å². The summed E-state index contributed by atoms with van der Waals surface area (Å²) in [7, 11) is 1.66. The van der Waals surface area contributed by atoms with E-state index >= 15 is 0 Å². The van der Waals surface area contributed by atoms with Crippen molar-refractivity contribution in [3.05, 3.63) is 46.4 Å². The SMILES string of the molecule is COc1ccc(C)cc1Nc1ccc(N)cc1Br. The van der Waals surface area contributed by atoms with Crippen molar-refractivity contribution in [2.75, 3.05) is 18.2 Å². The average molecular weight is 307 g/mol. The molecule has 0 fully saturated rings. The van der Waals surface area contributed by atoms with E-state index in [1.54, 1.807) is 7.11 Å². The number of hydrogen-bond acceptors (Lipinski definition) is 3. The first-order valence-electron chi connectivity index (χ1n) is 5.57. The standard InChI is InChI=1S/C14H15BrN2O/c1-9-3-6-14(18-2)13(7-9)17-12-5-4-10(16)8-11(12)15/h3-8,17H,16H2,1-2H3. The number of nitrogen functional groups attached to an aromatic ring is 1. The van der Waals surface area contributed by atoms with Crippen molar-refractivity contribution in [3.63, 3.8) is 0 Å². The van der Waals surface area contributed by atoms with Crippen LogP contribution in [-0.2, 0) is 0 Å². The van der Waals surface area contributed by atoms with Crippen molar-refractivity contribution in [1.82, 2.24) is 0 Å². The maximum absolute atomic E-state index is 5.72. The zero-order valence-corrected chi connectivity index (χ0v) is 11.9. The second-order valence-corrected chi connectivity index (χ2v) is 4.92. The summed E-state index contributed by atoms with van der Waals surface area (Å²) in [6, 6.07) is 11.7. The number of nitrogens with two attached hydrogens (primary N) is 1. The Labute approximate surface area is 115 Å². The minimum absolute atomic E-state index is 0.726. The molecule has 0 aromatic heterocycles. The van der Waals surface area contributed by atoms with Gasteiger partial charge in [-0.2, -0.15) is 0 Å². The monoisotopic (exact) mass is 306 g/mol. The number of ether oxygens (including phenoxy) is 1. The highest BCUT2D eigenvalue weighted by molar-refractivity contribution is 9.10. The number of anilines is 3. The fourth-order valence-electron chi connectivity index (χ4n) is 1.70. The Morgan fingerprint density at radius 2 is 1.89 bits per heavy atom. The van der Waals surface area contributed by atoms with Crippen molar-refractivity contribution in [2.24, 2.45) is 0 Å². The molecule has 0 heterocycles. The van der Waals surface area contributed by atoms with Crippen molar-refractivity contribution >= 4 is 33.0 Å². The van der Waals surface area contributed by atoms with Gasteiger partial charge in [0.1, 0.15) is 5.75 Å². The maximum Gasteiger partial charge on any atom is 0.142 e. The lowest BCUT2D eigenvalue weighted by Crippen LogP contribution is -1.96. The predicted molar refractivity (Wildman–Crippen MR) is 79.6 cm³/mol. The number of methoxy groups -OCH3 is 1. The molecule has 3 nitrogen and oxygen atoms in total. The molecule has 4 heteroatoms. The second kappa shape index (κ2) is 5.31. The molecule has 2 aromatic carbocycles. The first-order chi connectivity index (χ1) is 8.60. The highest BCUT2D eigenvalue weighted by Gasteiger charge is 2.06. The number of halogens is 1. The van der Waals surface area contributed by atoms with E-state index in [4.69, 9.17) is 10.5 Å². The van der Waals surface area contributed by atoms with Crippen LogP contribution in [0.15, 0.2) is 40.9 Å². The first-order valence-corrected chi connectivity index (χ1v) is 6.36. The Balaban J connectivity index is 2.36. The second-order valence-electron chi connectivity index (χ2n) is 4.07. The van der Waals surface area contributed by atoms with E-state index in [9.17, 15) is 0 Å². The van der Waals surface area contributed by atoms with Crippen LogP contribution in [0.5, 0.6) is 5.75 Å². The van der Waals surface area contributed by atoms with Gasteiger partial charge in [-0.05, 0) is 58.7 Å². The number of aryl methyl sites for hydroxylation is 1. The van der Waals surface area contributed by atoms with Crippen LogP contribution in [0.3, 0.4) is 0 Å². The summed E-state index contributed by atoms with van der Waals surface area (Å²) in [5.41, 5.74) is 9.50. The summed E-state index contributed by atoms with van der Waals surface area (Å²) in [4.78, 5) is 0. The number of hydrogen-bond donors (Lipinski definition) is 2. The van der Waals surface area contributed by atoms with Gasteiger partial charge in [-0.3, -0.25) is 0 Å². The minimum Gasteiger partial charge on any atom is -0.495 e. The van der Waals surface area contributed by atoms with Crippen LogP contribution in [0.4, 0.5) is 17.1 Å². The molecule has 0 radical (unpaired) electrons. The quantitative estimate of drug-likeness (QED) is 0.840. The van der Waals surface area contributed by atoms with Crippen molar-refractivity contribution in [1.29, 1.82) is 0 Å². The Bertz CT molecular complexity index is 570. The van der Waals surface area contributed by atoms with Crippen molar-refractivity contribution < 1.29 is 4.74 Å². The largest absolute Gasteiger partial charge is 0.495 e. The zero-order chi connectivity index (χ0) is 13.1. The first kappa shape index (κ1) is 12.8. The molecule has 0 bridgehead atoms. The van der Waals surface area contributed by atoms with Crippen LogP contribution in [0.1, 0.15) is 5.56 Å². The predicted octanol–water partition coefficient (Wildman–Crippen LogP) is 4.09. The van der Waals surface area contributed by atoms with E-state index in [2.05, 4.69) is 21.2 Å². The fourth-order valence-corrected chi connectivity index (χ4v) is 2.19. The molecular formula is C14H15BrN2O. The van der Waals surface area contributed by atoms with E-state index in [-0.39, 0.29) is 0 Å². The van der Waals surface area contributed by atoms with Crippen LogP contribution < -0.4 is 15.8 Å². The maximum atomic E-state index is 5.72. The van der Waals surface area contributed by atoms with Gasteiger partial charge in [0.15, 0.2) is 0 Å². The molecule has 0 aliphatic heterocycles. The van der Waals surface area contributed by atoms with Crippen molar-refractivity contribution in [3.8, 4) is 5.75 Å². The van der Waals surface area contributed by atoms with Gasteiger partial charge >= 0.3 is 0 Å². The van der Waals surface area contributed by atoms with E-state index in [0.717, 1.165) is 27.3 Å². The van der Waals surface area contributed by atoms with Gasteiger partial charge < -0.3 is 15.8 Å². The molecule has 3 N–H and O–H groups in total. The van der Waals surface area contributed by atoms with Gasteiger partial charge in [0, 0.05) is 10.2 Å². The smallest absolute Gasteiger partial charge is 0.142 e. The molecule has 0 amide bonds. The van der Waals surface area contributed by atoms with Gasteiger partial charge in [-0.25, -0.2) is 0 Å². The fraction of sp³-hybridized carbons (Fsp3) is 0.143. The third kappa shape index (κ3) is 2.76. The molecule has 0 saturated heterocycles. The molecule has 0 saturated carbocycles. The number of benzene rings is 2. The summed E-state index contributed by atoms with van der Waals surface area (Å²) >= 11 is 3.49. The van der Waals surface area contributed by atoms with Crippen LogP contribution in [0.25, 0.3) is 0 Å². The van der Waals surface area contributed by atoms with Gasteiger partial charge in [-0.15, -0.1) is 0 Å². The molecule has 0 aliphatic carbocycles. The van der Waals surface area contributed by atoms with Crippen LogP contribution in [0, 0.1) is 6.92 Å². The molecule has 0 atom stereocenters. The normalized spacial score (nSPS) is 10.2. The zero-order valence-electron chi connectivity index (χ0n) is 10.3. The van der Waals surface area contributed by atoms with Gasteiger partial charge in [0.25, 0.3) is 0 Å². The van der Waals surface area contributed by atoms with Gasteiger partial charge in [-0.1, -0.05) is 6.07 Å². The van der Waals surface area contributed by atoms with E-state index in [0.29, 0.717) is 0 Å². The summed E-state index contributed by atoms with van der Waals surface area (Å²) in [5.74, 6) is 0.810. The minimum atomic E-state index is 0.726. The highest BCUT2D eigenvalue weighted by Crippen LogP contribution is 2.32. The molecule has 2 rings (SSSR count). The molecule has 2 aromatic rings. The molecule has 0 aliphatic rings. The lowest BCUT2D eigenvalue weighted by molar-refractivity contribution is 0.416. The third-order valence-electron chi connectivity index (χ3n) is 2.62. The molecule has 0 unspecified atom stereocenters. The summed E-state index contributed by atoms with van der Waals surface area (Å²) in [6.07, 6.45) is 0. The third-order valence-corrected chi connectivity index (χ3v) is 3.27. The van der Waals surface area contributed by atoms with E-state index in [1.165, 1.54) is 5.56 Å². The van der Waals surface area contributed by atoms with Gasteiger partial charge in [0.2, 0.25) is 0 Å². The molecule has 0 spiro atoms. The van der Waals surface area contributed by atoms with Crippen LogP contribution >= 0.6 is 15.9 Å². The number of rotatable bonds is 3. The summed E-state index contributed by atoms with van der Waals surface area (Å²) in [6.45, 7) is 2.04. The van der Waals surface area contributed by atoms with Gasteiger partial charge in [0.05, 0.1) is 18.5 Å². The molecule has 18 heavy (non-hydrogen) atoms. The topological polar surface area (TPSA) is 47.3 Å². The molecule has 94 valence electrons. The Kier molecular flexibility index (Phi) is 3.77. The lowest BCUT2D eigenvalue weighted by atomic mass is 10.2. The Morgan fingerprint density at radius 3 is 2.56 bits per heavy atom. The van der Waals surface area contributed by atoms with Crippen LogP contribution in [0.2, 0.25) is 0 Å². The van der Waals surface area contributed by atoms with E-state index in [1.807, 2.05) is 43.3 Å². The summed E-state index contributed by atoms with van der Waals surface area (Å²) < 4.78 is 6.26. The van der Waals surface area contributed by atoms with Crippen molar-refractivity contribution in [2.45, 2.75) is 6.92 Å².